The molecule has 7 nitrogen and oxygen atoms in total. The summed E-state index contributed by atoms with van der Waals surface area (Å²) in [6, 6.07) is 3.14. The summed E-state index contributed by atoms with van der Waals surface area (Å²) in [6.07, 6.45) is 3.92. The van der Waals surface area contributed by atoms with Crippen molar-refractivity contribution in [2.45, 2.75) is 38.9 Å². The van der Waals surface area contributed by atoms with Gasteiger partial charge in [0.15, 0.2) is 0 Å². The van der Waals surface area contributed by atoms with E-state index in [0.29, 0.717) is 13.0 Å². The first-order valence-electron chi connectivity index (χ1n) is 8.48. The van der Waals surface area contributed by atoms with Crippen molar-refractivity contribution in [3.8, 4) is 11.5 Å². The molecule has 28 heavy (non-hydrogen) atoms. The van der Waals surface area contributed by atoms with Crippen LogP contribution in [-0.4, -0.2) is 49.2 Å². The smallest absolute Gasteiger partial charge is 0.387 e. The highest BCUT2D eigenvalue weighted by atomic mass is 19.3. The fourth-order valence-electron chi connectivity index (χ4n) is 2.58. The van der Waals surface area contributed by atoms with E-state index in [1.165, 1.54) is 11.0 Å². The molecule has 1 N–H and O–H groups in total. The molecular weight excluding hydrogens is 386 g/mol. The van der Waals surface area contributed by atoms with Crippen molar-refractivity contribution < 1.29 is 36.6 Å². The number of hydrogen-bond acceptors (Lipinski definition) is 5. The number of amides is 2. The van der Waals surface area contributed by atoms with Crippen molar-refractivity contribution in [3.05, 3.63) is 23.8 Å². The topological polar surface area (TPSA) is 80.2 Å². The monoisotopic (exact) mass is 405 g/mol. The number of nitrogens with one attached hydrogen (secondary N) is 1. The molecule has 0 saturated carbocycles. The van der Waals surface area contributed by atoms with E-state index in [-0.39, 0.29) is 23.8 Å². The lowest BCUT2D eigenvalue weighted by Gasteiger charge is -2.18. The highest BCUT2D eigenvalue weighted by Gasteiger charge is 2.19. The van der Waals surface area contributed by atoms with Crippen LogP contribution in [0, 0.1) is 0 Å². The number of ether oxygens (including phenoxy) is 2. The largest absolute Gasteiger partial charge is 0.435 e. The molecule has 154 valence electrons. The van der Waals surface area contributed by atoms with Crippen LogP contribution in [0.5, 0.6) is 11.5 Å². The number of halogens is 4. The summed E-state index contributed by atoms with van der Waals surface area (Å²) < 4.78 is 57.9. The normalized spacial score (nSPS) is 15.2. The predicted octanol–water partition coefficient (Wildman–Crippen LogP) is 2.74. The Bertz CT molecular complexity index is 716. The summed E-state index contributed by atoms with van der Waals surface area (Å²) >= 11 is 0. The molecule has 1 heterocycles. The van der Waals surface area contributed by atoms with Gasteiger partial charge in [-0.05, 0) is 25.0 Å². The fraction of sp³-hybridized carbons (Fsp3) is 0.471. The number of carbonyl (C=O) groups excluding carboxylic acids is 2. The molecule has 1 aliphatic heterocycles. The zero-order valence-electron chi connectivity index (χ0n) is 14.7. The van der Waals surface area contributed by atoms with Crippen molar-refractivity contribution in [1.29, 1.82) is 0 Å². The van der Waals surface area contributed by atoms with E-state index in [1.807, 2.05) is 0 Å². The highest BCUT2D eigenvalue weighted by Crippen LogP contribution is 2.26. The lowest BCUT2D eigenvalue weighted by molar-refractivity contribution is -0.135. The lowest BCUT2D eigenvalue weighted by Crippen LogP contribution is -2.39. The molecule has 0 atom stereocenters. The molecule has 1 saturated heterocycles. The lowest BCUT2D eigenvalue weighted by atomic mass is 10.2. The zero-order chi connectivity index (χ0) is 20.5. The van der Waals surface area contributed by atoms with Crippen LogP contribution >= 0.6 is 0 Å². The molecule has 1 aromatic rings. The Morgan fingerprint density at radius 3 is 2.64 bits per heavy atom. The first-order valence-corrected chi connectivity index (χ1v) is 8.48. The second-order valence-electron chi connectivity index (χ2n) is 5.88. The van der Waals surface area contributed by atoms with E-state index in [9.17, 15) is 27.2 Å². The Hall–Kier alpha value is -2.85. The first-order chi connectivity index (χ1) is 13.3. The SMILES string of the molecule is O=C(CN1CCCCCC1=O)N/N=C\c1ccc(OC(F)F)cc1OC(F)F. The predicted molar refractivity (Wildman–Crippen MR) is 90.5 cm³/mol. The summed E-state index contributed by atoms with van der Waals surface area (Å²) in [5.41, 5.74) is 2.20. The Morgan fingerprint density at radius 2 is 1.93 bits per heavy atom. The summed E-state index contributed by atoms with van der Waals surface area (Å²) in [6.45, 7) is -6.01. The van der Waals surface area contributed by atoms with Gasteiger partial charge in [-0.2, -0.15) is 22.7 Å². The Kier molecular flexibility index (Phi) is 8.02. The minimum absolute atomic E-state index is 0.00747. The molecule has 1 aliphatic rings. The molecular formula is C17H19F4N3O4. The van der Waals surface area contributed by atoms with Crippen LogP contribution in [0.3, 0.4) is 0 Å². The molecule has 0 spiro atoms. The van der Waals surface area contributed by atoms with Gasteiger partial charge >= 0.3 is 13.2 Å². The molecule has 11 heteroatoms. The van der Waals surface area contributed by atoms with Gasteiger partial charge in [0.25, 0.3) is 5.91 Å². The van der Waals surface area contributed by atoms with E-state index >= 15 is 0 Å². The summed E-state index contributed by atoms with van der Waals surface area (Å²) in [5.74, 6) is -1.49. The molecule has 0 radical (unpaired) electrons. The summed E-state index contributed by atoms with van der Waals surface area (Å²) in [7, 11) is 0. The highest BCUT2D eigenvalue weighted by molar-refractivity contribution is 5.87. The number of benzene rings is 1. The van der Waals surface area contributed by atoms with Gasteiger partial charge in [0, 0.05) is 24.6 Å². The maximum Gasteiger partial charge on any atom is 0.387 e. The minimum Gasteiger partial charge on any atom is -0.435 e. The first kappa shape index (κ1) is 21.5. The van der Waals surface area contributed by atoms with Crippen LogP contribution in [0.1, 0.15) is 31.2 Å². The van der Waals surface area contributed by atoms with Crippen molar-refractivity contribution in [3.63, 3.8) is 0 Å². The number of hydrogen-bond donors (Lipinski definition) is 1. The Balaban J connectivity index is 1.99. The summed E-state index contributed by atoms with van der Waals surface area (Å²) in [5, 5.41) is 3.64. The molecule has 2 rings (SSSR count). The number of hydrazone groups is 1. The van der Waals surface area contributed by atoms with Gasteiger partial charge < -0.3 is 14.4 Å². The Morgan fingerprint density at radius 1 is 1.18 bits per heavy atom. The molecule has 2 amide bonds. The molecule has 1 aromatic carbocycles. The van der Waals surface area contributed by atoms with Crippen LogP contribution in [0.25, 0.3) is 0 Å². The zero-order valence-corrected chi connectivity index (χ0v) is 14.7. The molecule has 0 unspecified atom stereocenters. The molecule has 0 bridgehead atoms. The summed E-state index contributed by atoms with van der Waals surface area (Å²) in [4.78, 5) is 25.2. The van der Waals surface area contributed by atoms with Crippen LogP contribution in [0.2, 0.25) is 0 Å². The Labute approximate surface area is 158 Å². The van der Waals surface area contributed by atoms with Crippen molar-refractivity contribution >= 4 is 18.0 Å². The van der Waals surface area contributed by atoms with Crippen LogP contribution in [0.4, 0.5) is 17.6 Å². The number of carbonyl (C=O) groups is 2. The van der Waals surface area contributed by atoms with Crippen LogP contribution in [-0.2, 0) is 9.59 Å². The third-order valence-electron chi connectivity index (χ3n) is 3.82. The van der Waals surface area contributed by atoms with Crippen LogP contribution < -0.4 is 14.9 Å². The van der Waals surface area contributed by atoms with Gasteiger partial charge in [-0.3, -0.25) is 9.59 Å². The van der Waals surface area contributed by atoms with Gasteiger partial charge in [-0.25, -0.2) is 5.43 Å². The maximum atomic E-state index is 12.5. The number of nitrogens with zero attached hydrogens (tertiary/aromatic N) is 2. The van der Waals surface area contributed by atoms with Gasteiger partial charge in [-0.1, -0.05) is 6.42 Å². The molecule has 0 aliphatic carbocycles. The standard InChI is InChI=1S/C17H19F4N3O4/c18-16(19)27-12-6-5-11(13(8-12)28-17(20)21)9-22-23-14(25)10-24-7-3-1-2-4-15(24)26/h5-6,8-9,16-17H,1-4,7,10H2,(H,23,25)/b22-9-. The van der Waals surface area contributed by atoms with Gasteiger partial charge in [-0.15, -0.1) is 0 Å². The quantitative estimate of drug-likeness (QED) is 0.410. The maximum absolute atomic E-state index is 12.5. The average molecular weight is 405 g/mol. The number of likely N-dealkylation sites (tertiary alicyclic amines) is 1. The average Bonchev–Trinajstić information content (AvgIpc) is 2.80. The van der Waals surface area contributed by atoms with Crippen molar-refractivity contribution in [2.24, 2.45) is 5.10 Å². The number of rotatable bonds is 8. The number of alkyl halides is 4. The second-order valence-corrected chi connectivity index (χ2v) is 5.88. The fourth-order valence-corrected chi connectivity index (χ4v) is 2.58. The van der Waals surface area contributed by atoms with E-state index in [4.69, 9.17) is 0 Å². The minimum atomic E-state index is -3.20. The third-order valence-corrected chi connectivity index (χ3v) is 3.82. The van der Waals surface area contributed by atoms with Gasteiger partial charge in [0.05, 0.1) is 6.21 Å². The van der Waals surface area contributed by atoms with Crippen LogP contribution in [0.15, 0.2) is 23.3 Å². The van der Waals surface area contributed by atoms with E-state index < -0.39 is 24.9 Å². The van der Waals surface area contributed by atoms with Crippen molar-refractivity contribution in [1.82, 2.24) is 10.3 Å². The van der Waals surface area contributed by atoms with E-state index in [0.717, 1.165) is 37.6 Å². The van der Waals surface area contributed by atoms with E-state index in [1.54, 1.807) is 0 Å². The second kappa shape index (κ2) is 10.5. The molecule has 1 fully saturated rings. The van der Waals surface area contributed by atoms with E-state index in [2.05, 4.69) is 20.0 Å². The van der Waals surface area contributed by atoms with Crippen molar-refractivity contribution in [2.75, 3.05) is 13.1 Å². The van der Waals surface area contributed by atoms with Gasteiger partial charge in [0.1, 0.15) is 18.0 Å². The third kappa shape index (κ3) is 7.05. The van der Waals surface area contributed by atoms with Gasteiger partial charge in [0.2, 0.25) is 5.91 Å². The molecule has 0 aromatic heterocycles.